The van der Waals surface area contributed by atoms with E-state index in [0.29, 0.717) is 13.3 Å². The zero-order chi connectivity index (χ0) is 14.1. The fraction of sp³-hybridized carbons (Fsp3) is 0.600. The minimum absolute atomic E-state index is 0.112. The van der Waals surface area contributed by atoms with Crippen molar-refractivity contribution in [3.05, 3.63) is 23.3 Å². The maximum atomic E-state index is 9.62. The molecule has 2 aliphatic heterocycles. The van der Waals surface area contributed by atoms with Crippen molar-refractivity contribution in [3.8, 4) is 11.5 Å². The molecule has 5 nitrogen and oxygen atoms in total. The monoisotopic (exact) mass is 279 g/mol. The van der Waals surface area contributed by atoms with Crippen LogP contribution in [0.1, 0.15) is 17.2 Å². The summed E-state index contributed by atoms with van der Waals surface area (Å²) >= 11 is 0. The molecule has 1 N–H and O–H groups in total. The molecule has 5 heteroatoms. The number of hydrogen-bond acceptors (Lipinski definition) is 5. The first-order chi connectivity index (χ1) is 9.78. The standard InChI is InChI=1S/C15H21NO4/c1-18-13-5-10-3-4-16-9-20-8-11(7-17)15(16)12(10)6-14(13)19-2/h5-6,11,15,17H,3-4,7-9H2,1-2H3. The maximum Gasteiger partial charge on any atom is 0.161 e. The van der Waals surface area contributed by atoms with Crippen LogP contribution >= 0.6 is 0 Å². The van der Waals surface area contributed by atoms with Crippen molar-refractivity contribution in [2.45, 2.75) is 12.5 Å². The molecule has 0 aromatic heterocycles. The average Bonchev–Trinajstić information content (AvgIpc) is 2.52. The highest BCUT2D eigenvalue weighted by atomic mass is 16.5. The minimum Gasteiger partial charge on any atom is -0.493 e. The van der Waals surface area contributed by atoms with Crippen LogP contribution in [0.4, 0.5) is 0 Å². The fourth-order valence-corrected chi connectivity index (χ4v) is 3.29. The van der Waals surface area contributed by atoms with Gasteiger partial charge in [0.1, 0.15) is 0 Å². The van der Waals surface area contributed by atoms with Crippen molar-refractivity contribution in [2.24, 2.45) is 5.92 Å². The average molecular weight is 279 g/mol. The van der Waals surface area contributed by atoms with Gasteiger partial charge in [0.2, 0.25) is 0 Å². The van der Waals surface area contributed by atoms with Crippen LogP contribution in [0.25, 0.3) is 0 Å². The quantitative estimate of drug-likeness (QED) is 0.901. The number of methoxy groups -OCH3 is 2. The van der Waals surface area contributed by atoms with E-state index in [0.717, 1.165) is 24.5 Å². The molecule has 2 heterocycles. The first-order valence-electron chi connectivity index (χ1n) is 6.96. The smallest absolute Gasteiger partial charge is 0.161 e. The number of benzene rings is 1. The number of aliphatic hydroxyl groups excluding tert-OH is 1. The van der Waals surface area contributed by atoms with Crippen molar-refractivity contribution in [3.63, 3.8) is 0 Å². The van der Waals surface area contributed by atoms with Crippen molar-refractivity contribution in [1.29, 1.82) is 0 Å². The van der Waals surface area contributed by atoms with Crippen molar-refractivity contribution in [2.75, 3.05) is 40.7 Å². The van der Waals surface area contributed by atoms with Gasteiger partial charge in [-0.1, -0.05) is 0 Å². The Labute approximate surface area is 119 Å². The molecular weight excluding hydrogens is 258 g/mol. The lowest BCUT2D eigenvalue weighted by Crippen LogP contribution is -2.47. The Morgan fingerprint density at radius 3 is 2.75 bits per heavy atom. The molecule has 0 aliphatic carbocycles. The molecule has 1 aromatic rings. The van der Waals surface area contributed by atoms with Gasteiger partial charge < -0.3 is 19.3 Å². The molecule has 0 radical (unpaired) electrons. The normalized spacial score (nSPS) is 25.8. The Morgan fingerprint density at radius 2 is 2.05 bits per heavy atom. The Balaban J connectivity index is 2.04. The largest absolute Gasteiger partial charge is 0.493 e. The van der Waals surface area contributed by atoms with E-state index in [1.54, 1.807) is 14.2 Å². The minimum atomic E-state index is 0.112. The summed E-state index contributed by atoms with van der Waals surface area (Å²) in [5, 5.41) is 9.62. The second-order valence-corrected chi connectivity index (χ2v) is 5.36. The van der Waals surface area contributed by atoms with E-state index in [4.69, 9.17) is 14.2 Å². The first-order valence-corrected chi connectivity index (χ1v) is 6.96. The molecular formula is C15H21NO4. The molecule has 2 atom stereocenters. The zero-order valence-electron chi connectivity index (χ0n) is 12.0. The Morgan fingerprint density at radius 1 is 1.30 bits per heavy atom. The second-order valence-electron chi connectivity index (χ2n) is 5.36. The predicted octanol–water partition coefficient (Wildman–Crippen LogP) is 1.20. The Bertz CT molecular complexity index is 491. The summed E-state index contributed by atoms with van der Waals surface area (Å²) in [4.78, 5) is 2.29. The molecule has 1 aromatic carbocycles. The number of rotatable bonds is 3. The van der Waals surface area contributed by atoms with E-state index >= 15 is 0 Å². The van der Waals surface area contributed by atoms with Gasteiger partial charge in [0, 0.05) is 25.1 Å². The third-order valence-corrected chi connectivity index (χ3v) is 4.30. The molecule has 1 fully saturated rings. The Hall–Kier alpha value is -1.30. The topological polar surface area (TPSA) is 51.2 Å². The number of hydrogen-bond donors (Lipinski definition) is 1. The van der Waals surface area contributed by atoms with Gasteiger partial charge in [-0.05, 0) is 29.7 Å². The molecule has 0 bridgehead atoms. The number of aliphatic hydroxyl groups is 1. The molecule has 2 unspecified atom stereocenters. The summed E-state index contributed by atoms with van der Waals surface area (Å²) in [6.45, 7) is 2.32. The summed E-state index contributed by atoms with van der Waals surface area (Å²) < 4.78 is 16.4. The molecule has 1 saturated heterocycles. The summed E-state index contributed by atoms with van der Waals surface area (Å²) in [5.74, 6) is 1.63. The third-order valence-electron chi connectivity index (χ3n) is 4.30. The predicted molar refractivity (Wildman–Crippen MR) is 74.1 cm³/mol. The van der Waals surface area contributed by atoms with E-state index < -0.39 is 0 Å². The molecule has 3 rings (SSSR count). The molecule has 0 saturated carbocycles. The van der Waals surface area contributed by atoms with Crippen LogP contribution in [-0.4, -0.2) is 50.7 Å². The number of ether oxygens (including phenoxy) is 3. The van der Waals surface area contributed by atoms with Gasteiger partial charge >= 0.3 is 0 Å². The van der Waals surface area contributed by atoms with E-state index in [1.807, 2.05) is 0 Å². The molecule has 0 amide bonds. The summed E-state index contributed by atoms with van der Waals surface area (Å²) in [6.07, 6.45) is 0.966. The van der Waals surface area contributed by atoms with Crippen LogP contribution in [0.3, 0.4) is 0 Å². The van der Waals surface area contributed by atoms with Crippen LogP contribution in [0.5, 0.6) is 11.5 Å². The molecule has 2 aliphatic rings. The molecule has 20 heavy (non-hydrogen) atoms. The SMILES string of the molecule is COc1cc2c(cc1OC)C1C(CO)COCN1CC2. The fourth-order valence-electron chi connectivity index (χ4n) is 3.29. The van der Waals surface area contributed by atoms with Gasteiger partial charge in [-0.25, -0.2) is 0 Å². The third kappa shape index (κ3) is 2.16. The van der Waals surface area contributed by atoms with Gasteiger partial charge in [0.25, 0.3) is 0 Å². The summed E-state index contributed by atoms with van der Waals surface area (Å²) in [5.41, 5.74) is 2.51. The van der Waals surface area contributed by atoms with Gasteiger partial charge in [0.05, 0.1) is 27.6 Å². The first kappa shape index (κ1) is 13.7. The van der Waals surface area contributed by atoms with Crippen LogP contribution in [0.15, 0.2) is 12.1 Å². The van der Waals surface area contributed by atoms with Crippen LogP contribution in [-0.2, 0) is 11.2 Å². The van der Waals surface area contributed by atoms with Gasteiger partial charge in [-0.2, -0.15) is 0 Å². The molecule has 0 spiro atoms. The zero-order valence-corrected chi connectivity index (χ0v) is 12.0. The lowest BCUT2D eigenvalue weighted by atomic mass is 9.84. The van der Waals surface area contributed by atoms with Crippen molar-refractivity contribution < 1.29 is 19.3 Å². The lowest BCUT2D eigenvalue weighted by Gasteiger charge is -2.44. The Kier molecular flexibility index (Phi) is 3.83. The van der Waals surface area contributed by atoms with Gasteiger partial charge in [-0.3, -0.25) is 4.90 Å². The molecule has 110 valence electrons. The van der Waals surface area contributed by atoms with E-state index in [-0.39, 0.29) is 18.6 Å². The van der Waals surface area contributed by atoms with E-state index in [1.165, 1.54) is 11.1 Å². The maximum absolute atomic E-state index is 9.62. The highest BCUT2D eigenvalue weighted by Gasteiger charge is 2.37. The van der Waals surface area contributed by atoms with Crippen LogP contribution in [0.2, 0.25) is 0 Å². The highest BCUT2D eigenvalue weighted by molar-refractivity contribution is 5.49. The van der Waals surface area contributed by atoms with Crippen molar-refractivity contribution >= 4 is 0 Å². The summed E-state index contributed by atoms with van der Waals surface area (Å²) in [6, 6.07) is 4.33. The van der Waals surface area contributed by atoms with Crippen LogP contribution in [0, 0.1) is 5.92 Å². The van der Waals surface area contributed by atoms with Gasteiger partial charge in [0.15, 0.2) is 11.5 Å². The van der Waals surface area contributed by atoms with Gasteiger partial charge in [-0.15, -0.1) is 0 Å². The summed E-state index contributed by atoms with van der Waals surface area (Å²) in [7, 11) is 3.31. The lowest BCUT2D eigenvalue weighted by molar-refractivity contribution is -0.100. The number of nitrogens with zero attached hydrogens (tertiary/aromatic N) is 1. The van der Waals surface area contributed by atoms with Crippen LogP contribution < -0.4 is 9.47 Å². The van der Waals surface area contributed by atoms with E-state index in [9.17, 15) is 5.11 Å². The van der Waals surface area contributed by atoms with E-state index in [2.05, 4.69) is 17.0 Å². The van der Waals surface area contributed by atoms with Crippen molar-refractivity contribution in [1.82, 2.24) is 4.90 Å². The number of fused-ring (bicyclic) bond motifs is 3. The highest BCUT2D eigenvalue weighted by Crippen LogP contribution is 2.42. The second kappa shape index (κ2) is 5.60.